The van der Waals surface area contributed by atoms with Crippen molar-refractivity contribution in [3.05, 3.63) is 99.4 Å². The normalized spacial score (nSPS) is 14.3. The van der Waals surface area contributed by atoms with Gasteiger partial charge in [-0.1, -0.05) is 46.3 Å². The maximum atomic E-state index is 14.0. The smallest absolute Gasteiger partial charge is 0.363 e. The number of cyclic esters (lactones) is 1. The first-order valence-corrected chi connectivity index (χ1v) is 10.7. The molecule has 0 spiro atoms. The van der Waals surface area contributed by atoms with Crippen LogP contribution < -0.4 is 9.47 Å². The summed E-state index contributed by atoms with van der Waals surface area (Å²) in [6, 6.07) is 19.2. The van der Waals surface area contributed by atoms with Gasteiger partial charge in [0.15, 0.2) is 17.2 Å². The van der Waals surface area contributed by atoms with Crippen molar-refractivity contribution >= 4 is 33.9 Å². The average Bonchev–Trinajstić information content (AvgIpc) is 3.15. The summed E-state index contributed by atoms with van der Waals surface area (Å²) in [5, 5.41) is 0. The summed E-state index contributed by atoms with van der Waals surface area (Å²) in [4.78, 5) is 16.4. The minimum absolute atomic E-state index is 0.0566. The van der Waals surface area contributed by atoms with Gasteiger partial charge < -0.3 is 14.2 Å². The Bertz CT molecular complexity index is 1200. The minimum atomic E-state index is -0.642. The van der Waals surface area contributed by atoms with Gasteiger partial charge >= 0.3 is 5.97 Å². The van der Waals surface area contributed by atoms with E-state index in [0.29, 0.717) is 30.3 Å². The van der Waals surface area contributed by atoms with Crippen LogP contribution >= 0.6 is 15.9 Å². The predicted octanol–water partition coefficient (Wildman–Crippen LogP) is 5.91. The zero-order chi connectivity index (χ0) is 22.5. The number of nitrogens with zero attached hydrogens (tertiary/aromatic N) is 1. The molecule has 7 heteroatoms. The summed E-state index contributed by atoms with van der Waals surface area (Å²) in [6.07, 6.45) is 1.57. The highest BCUT2D eigenvalue weighted by Gasteiger charge is 2.26. The first kappa shape index (κ1) is 21.8. The lowest BCUT2D eigenvalue weighted by molar-refractivity contribution is -0.129. The van der Waals surface area contributed by atoms with Crippen molar-refractivity contribution in [3.8, 4) is 11.5 Å². The molecular weight excluding hydrogens is 477 g/mol. The van der Waals surface area contributed by atoms with Crippen LogP contribution in [0.15, 0.2) is 81.9 Å². The molecule has 0 unspecified atom stereocenters. The largest absolute Gasteiger partial charge is 0.490 e. The van der Waals surface area contributed by atoms with Gasteiger partial charge in [-0.25, -0.2) is 14.2 Å². The van der Waals surface area contributed by atoms with Gasteiger partial charge in [-0.05, 0) is 60.5 Å². The fourth-order valence-corrected chi connectivity index (χ4v) is 3.32. The zero-order valence-electron chi connectivity index (χ0n) is 17.2. The van der Waals surface area contributed by atoms with Crippen LogP contribution in [0.2, 0.25) is 0 Å². The Morgan fingerprint density at radius 3 is 2.56 bits per heavy atom. The van der Waals surface area contributed by atoms with Crippen LogP contribution in [0, 0.1) is 5.82 Å². The van der Waals surface area contributed by atoms with E-state index < -0.39 is 11.8 Å². The van der Waals surface area contributed by atoms with E-state index in [0.717, 1.165) is 10.0 Å². The molecule has 0 fully saturated rings. The molecule has 0 amide bonds. The molecule has 1 heterocycles. The summed E-state index contributed by atoms with van der Waals surface area (Å²) < 4.78 is 31.8. The van der Waals surface area contributed by atoms with Crippen molar-refractivity contribution in [1.29, 1.82) is 0 Å². The van der Waals surface area contributed by atoms with Gasteiger partial charge in [-0.3, -0.25) is 0 Å². The van der Waals surface area contributed by atoms with Gasteiger partial charge in [0.2, 0.25) is 5.90 Å². The molecule has 3 aromatic carbocycles. The van der Waals surface area contributed by atoms with Crippen LogP contribution in [0.5, 0.6) is 11.5 Å². The number of carbonyl (C=O) groups is 1. The molecule has 0 radical (unpaired) electrons. The van der Waals surface area contributed by atoms with Crippen LogP contribution in [-0.4, -0.2) is 18.5 Å². The van der Waals surface area contributed by atoms with Gasteiger partial charge in [0, 0.05) is 4.47 Å². The fraction of sp³-hybridized carbons (Fsp3) is 0.120. The summed E-state index contributed by atoms with van der Waals surface area (Å²) >= 11 is 3.42. The summed E-state index contributed by atoms with van der Waals surface area (Å²) in [5.41, 5.74) is 1.91. The molecule has 32 heavy (non-hydrogen) atoms. The third-order valence-corrected chi connectivity index (χ3v) is 5.13. The van der Waals surface area contributed by atoms with Crippen LogP contribution in [-0.2, 0) is 16.1 Å². The van der Waals surface area contributed by atoms with Gasteiger partial charge in [-0.15, -0.1) is 0 Å². The van der Waals surface area contributed by atoms with E-state index in [-0.39, 0.29) is 17.2 Å². The molecule has 0 saturated carbocycles. The average molecular weight is 496 g/mol. The number of halogens is 2. The van der Waals surface area contributed by atoms with E-state index in [1.165, 1.54) is 12.1 Å². The molecule has 5 nitrogen and oxygen atoms in total. The first-order chi connectivity index (χ1) is 15.5. The highest BCUT2D eigenvalue weighted by Crippen LogP contribution is 2.31. The quantitative estimate of drug-likeness (QED) is 0.302. The number of aliphatic imine (C=N–C) groups is 1. The summed E-state index contributed by atoms with van der Waals surface area (Å²) in [6.45, 7) is 2.71. The van der Waals surface area contributed by atoms with Crippen molar-refractivity contribution in [1.82, 2.24) is 0 Å². The number of benzene rings is 3. The second-order valence-electron chi connectivity index (χ2n) is 6.87. The number of rotatable bonds is 7. The van der Waals surface area contributed by atoms with E-state index >= 15 is 0 Å². The fourth-order valence-electron chi connectivity index (χ4n) is 3.06. The molecule has 3 aromatic rings. The Hall–Kier alpha value is -3.45. The van der Waals surface area contributed by atoms with E-state index in [4.69, 9.17) is 14.2 Å². The van der Waals surface area contributed by atoms with Gasteiger partial charge in [-0.2, -0.15) is 0 Å². The Morgan fingerprint density at radius 2 is 1.81 bits per heavy atom. The van der Waals surface area contributed by atoms with Crippen LogP contribution in [0.4, 0.5) is 4.39 Å². The number of esters is 1. The topological polar surface area (TPSA) is 57.1 Å². The van der Waals surface area contributed by atoms with Crippen molar-refractivity contribution in [2.75, 3.05) is 6.61 Å². The minimum Gasteiger partial charge on any atom is -0.490 e. The van der Waals surface area contributed by atoms with Crippen molar-refractivity contribution in [3.63, 3.8) is 0 Å². The molecule has 0 aliphatic carbocycles. The van der Waals surface area contributed by atoms with Crippen molar-refractivity contribution in [2.24, 2.45) is 4.99 Å². The number of hydrogen-bond donors (Lipinski definition) is 0. The third kappa shape index (κ3) is 5.06. The Morgan fingerprint density at radius 1 is 1.03 bits per heavy atom. The maximum Gasteiger partial charge on any atom is 0.363 e. The highest BCUT2D eigenvalue weighted by atomic mass is 79.9. The van der Waals surface area contributed by atoms with Crippen LogP contribution in [0.25, 0.3) is 6.08 Å². The SMILES string of the molecule is CCOc1cc(/C=C2\N=C(c3ccccc3F)OC2=O)ccc1OCc1ccc(Br)cc1. The zero-order valence-corrected chi connectivity index (χ0v) is 18.8. The van der Waals surface area contributed by atoms with Gasteiger partial charge in [0.05, 0.1) is 12.2 Å². The predicted molar refractivity (Wildman–Crippen MR) is 123 cm³/mol. The second kappa shape index (κ2) is 9.78. The Labute approximate surface area is 193 Å². The van der Waals surface area contributed by atoms with E-state index in [1.54, 1.807) is 36.4 Å². The number of carbonyl (C=O) groups excluding carboxylic acids is 1. The second-order valence-corrected chi connectivity index (χ2v) is 7.79. The monoisotopic (exact) mass is 495 g/mol. The lowest BCUT2D eigenvalue weighted by Crippen LogP contribution is -2.07. The molecule has 162 valence electrons. The Balaban J connectivity index is 1.56. The lowest BCUT2D eigenvalue weighted by Gasteiger charge is -2.13. The molecule has 0 bridgehead atoms. The molecule has 1 aliphatic rings. The number of ether oxygens (including phenoxy) is 3. The van der Waals surface area contributed by atoms with Gasteiger partial charge in [0.25, 0.3) is 0 Å². The molecule has 4 rings (SSSR count). The first-order valence-electron chi connectivity index (χ1n) is 9.95. The summed E-state index contributed by atoms with van der Waals surface area (Å²) in [5.74, 6) is -0.0769. The third-order valence-electron chi connectivity index (χ3n) is 4.60. The van der Waals surface area contributed by atoms with Crippen LogP contribution in [0.1, 0.15) is 23.6 Å². The standard InChI is InChI=1S/C25H19BrFNO4/c1-2-30-23-14-17(9-12-22(23)31-15-16-7-10-18(26)11-8-16)13-21-25(29)32-24(28-21)19-5-3-4-6-20(19)27/h3-14H,2,15H2,1H3/b21-13-. The van der Waals surface area contributed by atoms with E-state index in [2.05, 4.69) is 20.9 Å². The molecule has 0 atom stereocenters. The van der Waals surface area contributed by atoms with E-state index in [1.807, 2.05) is 31.2 Å². The molecule has 0 saturated heterocycles. The number of hydrogen-bond acceptors (Lipinski definition) is 5. The maximum absolute atomic E-state index is 14.0. The summed E-state index contributed by atoms with van der Waals surface area (Å²) in [7, 11) is 0. The highest BCUT2D eigenvalue weighted by molar-refractivity contribution is 9.10. The van der Waals surface area contributed by atoms with Crippen molar-refractivity contribution < 1.29 is 23.4 Å². The molecule has 1 aliphatic heterocycles. The lowest BCUT2D eigenvalue weighted by atomic mass is 10.1. The van der Waals surface area contributed by atoms with Crippen molar-refractivity contribution in [2.45, 2.75) is 13.5 Å². The molecule has 0 N–H and O–H groups in total. The molecule has 0 aromatic heterocycles. The van der Waals surface area contributed by atoms with Crippen LogP contribution in [0.3, 0.4) is 0 Å². The van der Waals surface area contributed by atoms with E-state index in [9.17, 15) is 9.18 Å². The molecular formula is C25H19BrFNO4. The Kier molecular flexibility index (Phi) is 6.66. The van der Waals surface area contributed by atoms with Gasteiger partial charge in [0.1, 0.15) is 12.4 Å².